The fourth-order valence-corrected chi connectivity index (χ4v) is 5.92. The molecule has 10 heteroatoms. The number of methoxy groups -OCH3 is 1. The van der Waals surface area contributed by atoms with Crippen molar-refractivity contribution in [3.63, 3.8) is 0 Å². The Balaban J connectivity index is 1.15. The maximum absolute atomic E-state index is 13.3. The van der Waals surface area contributed by atoms with Gasteiger partial charge in [-0.3, -0.25) is 9.20 Å². The van der Waals surface area contributed by atoms with Gasteiger partial charge in [-0.1, -0.05) is 0 Å². The summed E-state index contributed by atoms with van der Waals surface area (Å²) in [6.07, 6.45) is 9.15. The highest BCUT2D eigenvalue weighted by atomic mass is 19.3. The summed E-state index contributed by atoms with van der Waals surface area (Å²) >= 11 is 0. The van der Waals surface area contributed by atoms with Crippen LogP contribution >= 0.6 is 0 Å². The van der Waals surface area contributed by atoms with Gasteiger partial charge in [0.25, 0.3) is 0 Å². The lowest BCUT2D eigenvalue weighted by Gasteiger charge is -2.48. The summed E-state index contributed by atoms with van der Waals surface area (Å²) in [7, 11) is 1.42. The Bertz CT molecular complexity index is 1370. The van der Waals surface area contributed by atoms with Crippen molar-refractivity contribution in [2.75, 3.05) is 46.6 Å². The van der Waals surface area contributed by atoms with Crippen LogP contribution in [0.4, 0.5) is 8.78 Å². The summed E-state index contributed by atoms with van der Waals surface area (Å²) in [5.41, 5.74) is 2.29. The smallest absolute Gasteiger partial charge is 0.387 e. The number of halogens is 2. The monoisotopic (exact) mass is 555 g/mol. The first kappa shape index (κ1) is 27.0. The van der Waals surface area contributed by atoms with Gasteiger partial charge in [-0.05, 0) is 62.8 Å². The molecule has 0 atom stereocenters. The van der Waals surface area contributed by atoms with Crippen LogP contribution in [-0.4, -0.2) is 73.2 Å². The van der Waals surface area contributed by atoms with Gasteiger partial charge >= 0.3 is 6.61 Å². The molecule has 3 aliphatic rings. The highest BCUT2D eigenvalue weighted by molar-refractivity contribution is 6.02. The van der Waals surface area contributed by atoms with E-state index in [1.54, 1.807) is 12.3 Å². The summed E-state index contributed by atoms with van der Waals surface area (Å²) in [5, 5.41) is 0. The van der Waals surface area contributed by atoms with Crippen molar-refractivity contribution < 1.29 is 32.5 Å². The fraction of sp³-hybridized carbons (Fsp3) is 0.533. The molecule has 0 bridgehead atoms. The van der Waals surface area contributed by atoms with E-state index in [1.165, 1.54) is 26.0 Å². The third-order valence-corrected chi connectivity index (χ3v) is 8.18. The van der Waals surface area contributed by atoms with Gasteiger partial charge in [0.1, 0.15) is 28.5 Å². The van der Waals surface area contributed by atoms with Crippen molar-refractivity contribution >= 4 is 11.4 Å². The van der Waals surface area contributed by atoms with Crippen LogP contribution in [0, 0.1) is 11.3 Å². The minimum atomic E-state index is -3.07. The molecule has 214 valence electrons. The molecule has 2 saturated heterocycles. The molecule has 0 amide bonds. The number of hydrogen-bond acceptors (Lipinski definition) is 7. The van der Waals surface area contributed by atoms with Gasteiger partial charge in [0.2, 0.25) is 0 Å². The minimum absolute atomic E-state index is 0.0590. The second kappa shape index (κ2) is 11.3. The highest BCUT2D eigenvalue weighted by Crippen LogP contribution is 2.41. The van der Waals surface area contributed by atoms with Crippen molar-refractivity contribution in [1.29, 1.82) is 0 Å². The van der Waals surface area contributed by atoms with Crippen LogP contribution in [0.15, 0.2) is 36.7 Å². The number of aromatic nitrogens is 2. The van der Waals surface area contributed by atoms with Crippen molar-refractivity contribution in [3.05, 3.63) is 42.2 Å². The molecule has 4 heterocycles. The van der Waals surface area contributed by atoms with E-state index in [0.29, 0.717) is 47.0 Å². The summed E-state index contributed by atoms with van der Waals surface area (Å²) in [5.74, 6) is 0.782. The van der Waals surface area contributed by atoms with Gasteiger partial charge < -0.3 is 23.8 Å². The number of imidazole rings is 1. The van der Waals surface area contributed by atoms with E-state index >= 15 is 0 Å². The fourth-order valence-electron chi connectivity index (χ4n) is 5.92. The number of benzene rings is 1. The van der Waals surface area contributed by atoms with E-state index in [0.717, 1.165) is 52.1 Å². The Hall–Kier alpha value is -3.24. The first-order valence-electron chi connectivity index (χ1n) is 14.0. The Labute approximate surface area is 232 Å². The zero-order valence-electron chi connectivity index (χ0n) is 22.7. The number of rotatable bonds is 12. The number of carbonyl (C=O) groups is 1. The Morgan fingerprint density at radius 1 is 1.23 bits per heavy atom. The van der Waals surface area contributed by atoms with Crippen LogP contribution in [0.2, 0.25) is 0 Å². The normalized spacial score (nSPS) is 18.7. The van der Waals surface area contributed by atoms with E-state index in [9.17, 15) is 13.6 Å². The summed E-state index contributed by atoms with van der Waals surface area (Å²) in [4.78, 5) is 19.9. The quantitative estimate of drug-likeness (QED) is 0.217. The maximum atomic E-state index is 13.3. The third-order valence-electron chi connectivity index (χ3n) is 8.18. The van der Waals surface area contributed by atoms with Crippen LogP contribution in [0.5, 0.6) is 17.2 Å². The van der Waals surface area contributed by atoms with Crippen LogP contribution in [-0.2, 0) is 4.74 Å². The van der Waals surface area contributed by atoms with Gasteiger partial charge in [0.05, 0.1) is 38.8 Å². The molecule has 1 spiro atoms. The molecule has 0 radical (unpaired) electrons. The summed E-state index contributed by atoms with van der Waals surface area (Å²) in [6.45, 7) is 2.56. The number of alkyl halides is 2. The topological polar surface area (TPSA) is 74.5 Å². The predicted octanol–water partition coefficient (Wildman–Crippen LogP) is 5.48. The lowest BCUT2D eigenvalue weighted by atomic mass is 9.78. The van der Waals surface area contributed by atoms with Gasteiger partial charge in [-0.25, -0.2) is 4.98 Å². The highest BCUT2D eigenvalue weighted by Gasteiger charge is 2.41. The Morgan fingerprint density at radius 2 is 2.05 bits per heavy atom. The minimum Gasteiger partial charge on any atom is -0.496 e. The lowest BCUT2D eigenvalue weighted by Crippen LogP contribution is -2.54. The van der Waals surface area contributed by atoms with E-state index in [2.05, 4.69) is 9.88 Å². The lowest BCUT2D eigenvalue weighted by molar-refractivity contribution is -0.144. The van der Waals surface area contributed by atoms with E-state index < -0.39 is 6.61 Å². The molecule has 40 heavy (non-hydrogen) atoms. The molecular formula is C30H35F2N3O5. The van der Waals surface area contributed by atoms with Gasteiger partial charge in [-0.2, -0.15) is 8.78 Å². The number of Topliss-reactive ketones (excluding diaryl/α,β-unsaturated/α-hetero) is 1. The Kier molecular flexibility index (Phi) is 7.63. The largest absolute Gasteiger partial charge is 0.496 e. The van der Waals surface area contributed by atoms with Crippen LogP contribution in [0.3, 0.4) is 0 Å². The van der Waals surface area contributed by atoms with Gasteiger partial charge in [0, 0.05) is 42.8 Å². The first-order chi connectivity index (χ1) is 19.4. The van der Waals surface area contributed by atoms with Crippen molar-refractivity contribution in [2.24, 2.45) is 11.3 Å². The molecule has 1 saturated carbocycles. The van der Waals surface area contributed by atoms with E-state index in [4.69, 9.17) is 18.9 Å². The number of fused-ring (bicyclic) bond motifs is 1. The molecule has 3 fully saturated rings. The number of pyridine rings is 1. The molecule has 6 rings (SSSR count). The number of piperidine rings is 1. The van der Waals surface area contributed by atoms with Gasteiger partial charge in [0.15, 0.2) is 5.78 Å². The van der Waals surface area contributed by atoms with Crippen LogP contribution < -0.4 is 14.2 Å². The molecule has 1 aromatic carbocycles. The summed E-state index contributed by atoms with van der Waals surface area (Å²) < 4.78 is 50.2. The van der Waals surface area contributed by atoms with Crippen molar-refractivity contribution in [2.45, 2.75) is 45.1 Å². The number of hydrogen-bond donors (Lipinski definition) is 0. The second-order valence-corrected chi connectivity index (χ2v) is 11.3. The number of carbonyl (C=O) groups excluding carboxylic acids is 1. The molecule has 0 N–H and O–H groups in total. The number of likely N-dealkylation sites (tertiary alicyclic amines) is 1. The second-order valence-electron chi connectivity index (χ2n) is 11.3. The standard InChI is InChI=1S/C30H35F2N3O5/c1-37-25-13-21(14-26(40-29(31)32)28(25)24(36)12-20-4-5-20)23-16-33-27-15-22(6-10-35(23)27)39-11-3-9-34-8-2-7-30(17-34)18-38-19-30/h6,10,13-16,20,29H,2-5,7-9,11-12,17-19H2,1H3. The maximum Gasteiger partial charge on any atom is 0.387 e. The average Bonchev–Trinajstić information content (AvgIpc) is 3.64. The molecule has 3 aromatic rings. The van der Waals surface area contributed by atoms with Crippen molar-refractivity contribution in [1.82, 2.24) is 14.3 Å². The first-order valence-corrected chi connectivity index (χ1v) is 14.0. The molecular weight excluding hydrogens is 520 g/mol. The van der Waals surface area contributed by atoms with Crippen molar-refractivity contribution in [3.8, 4) is 28.5 Å². The average molecular weight is 556 g/mol. The molecule has 1 aliphatic carbocycles. The third kappa shape index (κ3) is 5.78. The number of ether oxygens (including phenoxy) is 4. The molecule has 2 aliphatic heterocycles. The van der Waals surface area contributed by atoms with Crippen LogP contribution in [0.25, 0.3) is 16.9 Å². The SMILES string of the molecule is COc1cc(-c2cnc3cc(OCCCN4CCCC5(COC5)C4)ccn23)cc(OC(F)F)c1C(=O)CC1CC1. The molecule has 0 unspecified atom stereocenters. The predicted molar refractivity (Wildman–Crippen MR) is 145 cm³/mol. The summed E-state index contributed by atoms with van der Waals surface area (Å²) in [6, 6.07) is 6.85. The number of nitrogens with zero attached hydrogens (tertiary/aromatic N) is 3. The van der Waals surface area contributed by atoms with E-state index in [-0.39, 0.29) is 22.8 Å². The molecule has 8 nitrogen and oxygen atoms in total. The zero-order valence-corrected chi connectivity index (χ0v) is 22.7. The Morgan fingerprint density at radius 3 is 2.77 bits per heavy atom. The van der Waals surface area contributed by atoms with Crippen LogP contribution in [0.1, 0.15) is 48.9 Å². The zero-order chi connectivity index (χ0) is 27.7. The van der Waals surface area contributed by atoms with Gasteiger partial charge in [-0.15, -0.1) is 0 Å². The molecule has 2 aromatic heterocycles. The van der Waals surface area contributed by atoms with E-state index in [1.807, 2.05) is 22.7 Å². The number of ketones is 1.